The van der Waals surface area contributed by atoms with Crippen molar-refractivity contribution in [3.05, 3.63) is 92.0 Å². The molecule has 0 heterocycles. The Kier molecular flexibility index (Phi) is 11.5. The fourth-order valence-corrected chi connectivity index (χ4v) is 7.31. The van der Waals surface area contributed by atoms with Crippen molar-refractivity contribution in [1.29, 1.82) is 0 Å². The lowest BCUT2D eigenvalue weighted by atomic mass is 9.95. The zero-order valence-corrected chi connectivity index (χ0v) is 28.1. The van der Waals surface area contributed by atoms with E-state index in [1.54, 1.807) is 25.1 Å². The summed E-state index contributed by atoms with van der Waals surface area (Å²) in [6.07, 6.45) is 4.73. The lowest BCUT2D eigenvalue weighted by molar-refractivity contribution is -0.385. The van der Waals surface area contributed by atoms with E-state index in [1.165, 1.54) is 55.3 Å². The highest BCUT2D eigenvalue weighted by atomic mass is 35.5. The van der Waals surface area contributed by atoms with E-state index in [4.69, 9.17) is 27.9 Å². The molecule has 0 unspecified atom stereocenters. The summed E-state index contributed by atoms with van der Waals surface area (Å²) in [4.78, 5) is 39.6. The first-order valence-electron chi connectivity index (χ1n) is 14.8. The molecule has 1 aliphatic carbocycles. The molecule has 1 fully saturated rings. The SMILES string of the molecule is COc1ccc(N(CC(=O)N(Cc2c(Cl)cccc2Cl)[C@H](C)C(=O)NC2CCCCC2)S(=O)(=O)c2ccc(C)c([N+](=O)[O-])c2)cc1. The molecular weight excluding hydrogens is 655 g/mol. The molecule has 1 saturated carbocycles. The second-order valence-corrected chi connectivity index (χ2v) is 13.8. The highest BCUT2D eigenvalue weighted by molar-refractivity contribution is 7.92. The lowest BCUT2D eigenvalue weighted by Crippen LogP contribution is -2.53. The van der Waals surface area contributed by atoms with Crippen molar-refractivity contribution in [3.8, 4) is 5.75 Å². The molecule has 246 valence electrons. The zero-order valence-electron chi connectivity index (χ0n) is 25.7. The molecule has 4 rings (SSSR count). The Morgan fingerprint density at radius 1 is 1.04 bits per heavy atom. The molecule has 2 amide bonds. The molecule has 0 spiro atoms. The van der Waals surface area contributed by atoms with E-state index >= 15 is 0 Å². The maximum atomic E-state index is 14.2. The quantitative estimate of drug-likeness (QED) is 0.174. The fraction of sp³-hybridized carbons (Fsp3) is 0.375. The number of carbonyl (C=O) groups is 2. The number of hydrogen-bond acceptors (Lipinski definition) is 7. The van der Waals surface area contributed by atoms with Crippen molar-refractivity contribution in [3.63, 3.8) is 0 Å². The Bertz CT molecular complexity index is 1680. The largest absolute Gasteiger partial charge is 0.497 e. The van der Waals surface area contributed by atoms with Crippen LogP contribution in [0.5, 0.6) is 5.75 Å². The molecule has 1 N–H and O–H groups in total. The third kappa shape index (κ3) is 8.09. The number of nitro groups is 1. The van der Waals surface area contributed by atoms with Crippen LogP contribution in [0.25, 0.3) is 0 Å². The van der Waals surface area contributed by atoms with Crippen molar-refractivity contribution in [2.24, 2.45) is 0 Å². The number of anilines is 1. The first kappa shape index (κ1) is 35.0. The predicted octanol–water partition coefficient (Wildman–Crippen LogP) is 6.28. The standard InChI is InChI=1S/C32H36Cl2N4O7S/c1-21-12-17-26(18-30(21)38(41)42)46(43,44)37(24-13-15-25(45-3)16-14-24)20-31(39)36(19-27-28(33)10-7-11-29(27)34)22(2)32(40)35-23-8-5-4-6-9-23/h7,10-18,22-23H,4-6,8-9,19-20H2,1-3H3,(H,35,40)/t22-/m1/s1. The normalized spacial score (nSPS) is 14.3. The van der Waals surface area contributed by atoms with Gasteiger partial charge < -0.3 is 15.0 Å². The van der Waals surface area contributed by atoms with Crippen LogP contribution in [-0.4, -0.2) is 55.8 Å². The number of rotatable bonds is 12. The summed E-state index contributed by atoms with van der Waals surface area (Å²) >= 11 is 12.9. The van der Waals surface area contributed by atoms with Crippen LogP contribution in [0.3, 0.4) is 0 Å². The lowest BCUT2D eigenvalue weighted by Gasteiger charge is -2.33. The van der Waals surface area contributed by atoms with Crippen LogP contribution in [-0.2, 0) is 26.2 Å². The van der Waals surface area contributed by atoms with Crippen LogP contribution < -0.4 is 14.4 Å². The second kappa shape index (κ2) is 15.1. The molecule has 3 aromatic carbocycles. The number of nitrogens with one attached hydrogen (secondary N) is 1. The van der Waals surface area contributed by atoms with E-state index in [0.29, 0.717) is 11.3 Å². The molecule has 1 aliphatic rings. The van der Waals surface area contributed by atoms with Gasteiger partial charge in [-0.2, -0.15) is 0 Å². The molecule has 1 atom stereocenters. The van der Waals surface area contributed by atoms with Gasteiger partial charge in [-0.1, -0.05) is 54.6 Å². The molecule has 0 aliphatic heterocycles. The molecule has 14 heteroatoms. The van der Waals surface area contributed by atoms with Gasteiger partial charge in [0.25, 0.3) is 15.7 Å². The van der Waals surface area contributed by atoms with Gasteiger partial charge >= 0.3 is 0 Å². The Balaban J connectivity index is 1.75. The van der Waals surface area contributed by atoms with Gasteiger partial charge in [-0.3, -0.25) is 24.0 Å². The van der Waals surface area contributed by atoms with Crippen molar-refractivity contribution in [2.45, 2.75) is 69.5 Å². The number of aryl methyl sites for hydroxylation is 1. The number of nitrogens with zero attached hydrogens (tertiary/aromatic N) is 3. The van der Waals surface area contributed by atoms with Crippen LogP contribution in [0.4, 0.5) is 11.4 Å². The number of benzene rings is 3. The molecule has 0 saturated heterocycles. The Morgan fingerprint density at radius 2 is 1.67 bits per heavy atom. The monoisotopic (exact) mass is 690 g/mol. The highest BCUT2D eigenvalue weighted by Crippen LogP contribution is 2.31. The van der Waals surface area contributed by atoms with E-state index in [1.807, 2.05) is 0 Å². The second-order valence-electron chi connectivity index (χ2n) is 11.2. The minimum atomic E-state index is -4.54. The van der Waals surface area contributed by atoms with E-state index in [9.17, 15) is 28.1 Å². The maximum absolute atomic E-state index is 14.2. The van der Waals surface area contributed by atoms with Gasteiger partial charge in [0.2, 0.25) is 11.8 Å². The number of carbonyl (C=O) groups excluding carboxylic acids is 2. The third-order valence-electron chi connectivity index (χ3n) is 8.11. The number of hydrogen-bond donors (Lipinski definition) is 1. The maximum Gasteiger partial charge on any atom is 0.273 e. The van der Waals surface area contributed by atoms with Crippen molar-refractivity contribution >= 4 is 56.4 Å². The van der Waals surface area contributed by atoms with Crippen LogP contribution in [0.15, 0.2) is 65.6 Å². The molecule has 0 aromatic heterocycles. The number of methoxy groups -OCH3 is 1. The summed E-state index contributed by atoms with van der Waals surface area (Å²) in [7, 11) is -3.09. The van der Waals surface area contributed by atoms with Gasteiger partial charge in [-0.05, 0) is 69.2 Å². The third-order valence-corrected chi connectivity index (χ3v) is 10.6. The topological polar surface area (TPSA) is 139 Å². The van der Waals surface area contributed by atoms with Crippen LogP contribution in [0.2, 0.25) is 10.0 Å². The summed E-state index contributed by atoms with van der Waals surface area (Å²) in [6, 6.07) is 13.3. The number of ether oxygens (including phenoxy) is 1. The fourth-order valence-electron chi connectivity index (χ4n) is 5.36. The number of nitro benzene ring substituents is 1. The first-order valence-corrected chi connectivity index (χ1v) is 17.0. The van der Waals surface area contributed by atoms with E-state index in [-0.39, 0.29) is 44.5 Å². The van der Waals surface area contributed by atoms with Crippen LogP contribution in [0, 0.1) is 17.0 Å². The van der Waals surface area contributed by atoms with Gasteiger partial charge in [0, 0.05) is 39.8 Å². The average Bonchev–Trinajstić information content (AvgIpc) is 3.03. The minimum absolute atomic E-state index is 0.0296. The minimum Gasteiger partial charge on any atom is -0.497 e. The summed E-state index contributed by atoms with van der Waals surface area (Å²) in [5.41, 5.74) is 0.388. The molecule has 0 radical (unpaired) electrons. The zero-order chi connectivity index (χ0) is 33.6. The molecule has 46 heavy (non-hydrogen) atoms. The smallest absolute Gasteiger partial charge is 0.273 e. The Morgan fingerprint density at radius 3 is 2.26 bits per heavy atom. The van der Waals surface area contributed by atoms with Crippen molar-refractivity contribution in [1.82, 2.24) is 10.2 Å². The Hall–Kier alpha value is -3.87. The van der Waals surface area contributed by atoms with Crippen molar-refractivity contribution in [2.75, 3.05) is 18.0 Å². The van der Waals surface area contributed by atoms with E-state index in [2.05, 4.69) is 5.32 Å². The number of amides is 2. The van der Waals surface area contributed by atoms with E-state index < -0.39 is 39.3 Å². The van der Waals surface area contributed by atoms with Gasteiger partial charge in [-0.25, -0.2) is 8.42 Å². The average molecular weight is 692 g/mol. The summed E-state index contributed by atoms with van der Waals surface area (Å²) in [5.74, 6) is -0.666. The van der Waals surface area contributed by atoms with E-state index in [0.717, 1.165) is 42.5 Å². The number of halogens is 2. The van der Waals surface area contributed by atoms with Gasteiger partial charge in [0.1, 0.15) is 18.3 Å². The highest BCUT2D eigenvalue weighted by Gasteiger charge is 2.34. The molecular formula is C32H36Cl2N4O7S. The van der Waals surface area contributed by atoms with Gasteiger partial charge in [0.15, 0.2) is 0 Å². The molecule has 0 bridgehead atoms. The van der Waals surface area contributed by atoms with Crippen molar-refractivity contribution < 1.29 is 27.7 Å². The molecule has 3 aromatic rings. The number of sulfonamides is 1. The van der Waals surface area contributed by atoms with Gasteiger partial charge in [-0.15, -0.1) is 0 Å². The summed E-state index contributed by atoms with van der Waals surface area (Å²) in [6.45, 7) is 2.15. The summed E-state index contributed by atoms with van der Waals surface area (Å²) < 4.78 is 34.4. The Labute approximate surface area is 278 Å². The van der Waals surface area contributed by atoms with Crippen LogP contribution in [0.1, 0.15) is 50.2 Å². The van der Waals surface area contributed by atoms with Gasteiger partial charge in [0.05, 0.1) is 22.6 Å². The predicted molar refractivity (Wildman–Crippen MR) is 177 cm³/mol. The van der Waals surface area contributed by atoms with Crippen LogP contribution >= 0.6 is 23.2 Å². The summed E-state index contributed by atoms with van der Waals surface area (Å²) in [5, 5.41) is 15.2. The first-order chi connectivity index (χ1) is 21.8. The molecule has 11 nitrogen and oxygen atoms in total.